The van der Waals surface area contributed by atoms with Crippen molar-refractivity contribution in [2.75, 3.05) is 31.9 Å². The minimum absolute atomic E-state index is 0.0350. The fraction of sp³-hybridized carbons (Fsp3) is 0.125. The number of nitrogens with one attached hydrogen (secondary N) is 1. The van der Waals surface area contributed by atoms with Crippen molar-refractivity contribution in [3.05, 3.63) is 145 Å². The molecule has 0 atom stereocenters. The average Bonchev–Trinajstić information content (AvgIpc) is 3.31. The molecule has 0 aliphatic rings. The lowest BCUT2D eigenvalue weighted by molar-refractivity contribution is 0.282. The zero-order valence-corrected chi connectivity index (χ0v) is 35.4. The van der Waals surface area contributed by atoms with Crippen molar-refractivity contribution < 1.29 is 37.4 Å². The van der Waals surface area contributed by atoms with Crippen molar-refractivity contribution in [1.82, 2.24) is 0 Å². The van der Waals surface area contributed by atoms with Crippen LogP contribution in [0.5, 0.6) is 23.0 Å². The smallest absolute Gasteiger partial charge is 0.264 e. The number of aliphatic hydroxyl groups is 1. The minimum atomic E-state index is -4.07. The van der Waals surface area contributed by atoms with Crippen molar-refractivity contribution in [1.29, 1.82) is 0 Å². The van der Waals surface area contributed by atoms with Gasteiger partial charge in [-0.15, -0.1) is 20.5 Å². The minimum Gasteiger partial charge on any atom is -0.505 e. The Labute approximate surface area is 367 Å². The number of rotatable bonds is 16. The van der Waals surface area contributed by atoms with Crippen molar-refractivity contribution in [3.8, 4) is 23.0 Å². The van der Waals surface area contributed by atoms with Crippen LogP contribution in [0.3, 0.4) is 0 Å². The molecule has 15 nitrogen and oxygen atoms in total. The Balaban J connectivity index is 1.00. The number of fused-ring (bicyclic) bond motifs is 3. The number of azo groups is 3. The zero-order chi connectivity index (χ0) is 44.6. The lowest BCUT2D eigenvalue weighted by atomic mass is 10.1. The van der Waals surface area contributed by atoms with E-state index in [4.69, 9.17) is 18.8 Å². The molecule has 0 radical (unpaired) electrons. The van der Waals surface area contributed by atoms with E-state index in [-0.39, 0.29) is 36.8 Å². The van der Waals surface area contributed by atoms with Crippen LogP contribution in [0.25, 0.3) is 32.3 Å². The highest BCUT2D eigenvalue weighted by atomic mass is 32.2. The maximum absolute atomic E-state index is 11.2. The molecule has 8 aromatic carbocycles. The molecule has 0 heterocycles. The van der Waals surface area contributed by atoms with Gasteiger partial charge in [-0.1, -0.05) is 48.5 Å². The van der Waals surface area contributed by atoms with Crippen LogP contribution in [0.2, 0.25) is 0 Å². The largest absolute Gasteiger partial charge is 0.505 e. The van der Waals surface area contributed by atoms with E-state index in [0.29, 0.717) is 50.9 Å². The van der Waals surface area contributed by atoms with Crippen LogP contribution >= 0.6 is 0 Å². The fourth-order valence-corrected chi connectivity index (χ4v) is 7.46. The van der Waals surface area contributed by atoms with Crippen LogP contribution in [0.15, 0.2) is 170 Å². The van der Waals surface area contributed by atoms with Gasteiger partial charge in [0.05, 0.1) is 55.9 Å². The summed E-state index contributed by atoms with van der Waals surface area (Å²) in [4.78, 5) is 0. The summed E-state index contributed by atoms with van der Waals surface area (Å²) in [7, 11) is -0.963. The molecule has 16 heteroatoms. The number of hydrogen-bond donors (Lipinski definition) is 4. The number of nitrogens with zero attached hydrogens (tertiary/aromatic N) is 6. The predicted molar refractivity (Wildman–Crippen MR) is 248 cm³/mol. The Hall–Kier alpha value is -7.79. The lowest BCUT2D eigenvalue weighted by Gasteiger charge is -2.10. The van der Waals surface area contributed by atoms with Gasteiger partial charge in [0.15, 0.2) is 5.75 Å². The number of phenolic OH excluding ortho intramolecular Hbond substituents is 1. The molecule has 64 heavy (non-hydrogen) atoms. The van der Waals surface area contributed by atoms with E-state index >= 15 is 0 Å². The summed E-state index contributed by atoms with van der Waals surface area (Å²) >= 11 is 0. The highest BCUT2D eigenvalue weighted by Gasteiger charge is 2.14. The van der Waals surface area contributed by atoms with Crippen molar-refractivity contribution in [3.63, 3.8) is 0 Å². The molecule has 0 amide bonds. The van der Waals surface area contributed by atoms with Gasteiger partial charge in [-0.05, 0) is 102 Å². The van der Waals surface area contributed by atoms with Gasteiger partial charge >= 0.3 is 0 Å². The van der Waals surface area contributed by atoms with Crippen LogP contribution in [0.4, 0.5) is 45.5 Å². The van der Waals surface area contributed by atoms with Gasteiger partial charge in [-0.25, -0.2) is 0 Å². The Morgan fingerprint density at radius 1 is 0.562 bits per heavy atom. The van der Waals surface area contributed by atoms with E-state index in [0.717, 1.165) is 44.1 Å². The van der Waals surface area contributed by atoms with E-state index in [9.17, 15) is 18.6 Å². The zero-order valence-electron chi connectivity index (χ0n) is 34.6. The van der Waals surface area contributed by atoms with Crippen LogP contribution in [0.1, 0.15) is 12.0 Å². The number of aromatic hydroxyl groups is 1. The summed E-state index contributed by atoms with van der Waals surface area (Å²) < 4.78 is 48.0. The molecule has 322 valence electrons. The average molecular weight is 876 g/mol. The van der Waals surface area contributed by atoms with E-state index in [1.165, 1.54) is 7.11 Å². The molecule has 0 spiro atoms. The van der Waals surface area contributed by atoms with Crippen LogP contribution in [0, 0.1) is 0 Å². The van der Waals surface area contributed by atoms with E-state index in [1.54, 1.807) is 43.5 Å². The van der Waals surface area contributed by atoms with Crippen molar-refractivity contribution >= 4 is 87.9 Å². The molecule has 0 saturated carbocycles. The molecule has 0 saturated heterocycles. The standard InChI is InChI=1S/C48H41N7O8S/c1-61-36-17-14-33(15-18-36)49-34-16-19-37-31(25-34)12-20-43(48(37)57)53-55-45-26-32(29-56)44(28-47(45)62-2)54-52-42-22-21-41(38-8-3-4-9-39(38)42)51-50-35-13-11-30-7-5-10-46(40(30)27-35)63-23-6-24-64(58,59)60/h3-5,7-22,25-28,49,56-57H,6,23-24,29H2,1-2H3,(H,58,59,60). The molecular weight excluding hydrogens is 835 g/mol. The fourth-order valence-electron chi connectivity index (χ4n) is 6.98. The highest BCUT2D eigenvalue weighted by Crippen LogP contribution is 2.42. The van der Waals surface area contributed by atoms with Gasteiger partial charge in [0.2, 0.25) is 0 Å². The third-order valence-corrected chi connectivity index (χ3v) is 11.0. The highest BCUT2D eigenvalue weighted by molar-refractivity contribution is 7.85. The number of methoxy groups -OCH3 is 2. The Morgan fingerprint density at radius 2 is 1.23 bits per heavy atom. The van der Waals surface area contributed by atoms with Crippen molar-refractivity contribution in [2.45, 2.75) is 13.0 Å². The Bertz CT molecular complexity index is 3210. The third kappa shape index (κ3) is 9.95. The number of phenols is 1. The maximum Gasteiger partial charge on any atom is 0.264 e. The van der Waals surface area contributed by atoms with Gasteiger partial charge in [0.1, 0.15) is 28.6 Å². The number of benzene rings is 8. The molecule has 0 unspecified atom stereocenters. The number of hydrogen-bond acceptors (Lipinski definition) is 14. The first-order valence-corrected chi connectivity index (χ1v) is 21.6. The first-order chi connectivity index (χ1) is 31.1. The second kappa shape index (κ2) is 19.1. The summed E-state index contributed by atoms with van der Waals surface area (Å²) in [6, 6.07) is 42.2. The summed E-state index contributed by atoms with van der Waals surface area (Å²) in [5.41, 5.74) is 4.81. The lowest BCUT2D eigenvalue weighted by Crippen LogP contribution is -2.08. The summed E-state index contributed by atoms with van der Waals surface area (Å²) in [6.07, 6.45) is 0.140. The van der Waals surface area contributed by atoms with E-state index < -0.39 is 10.1 Å². The van der Waals surface area contributed by atoms with Gasteiger partial charge < -0.3 is 29.7 Å². The molecule has 0 aromatic heterocycles. The predicted octanol–water partition coefficient (Wildman–Crippen LogP) is 13.0. The van der Waals surface area contributed by atoms with E-state index in [2.05, 4.69) is 36.0 Å². The number of anilines is 2. The normalized spacial score (nSPS) is 12.0. The first kappa shape index (κ1) is 42.9. The molecule has 8 aromatic rings. The monoisotopic (exact) mass is 875 g/mol. The first-order valence-electron chi connectivity index (χ1n) is 20.0. The number of ether oxygens (including phenoxy) is 3. The van der Waals surface area contributed by atoms with Gasteiger partial charge in [-0.3, -0.25) is 4.55 Å². The molecule has 0 fully saturated rings. The molecule has 0 bridgehead atoms. The third-order valence-electron chi connectivity index (χ3n) is 10.2. The molecule has 0 aliphatic carbocycles. The molecule has 4 N–H and O–H groups in total. The Morgan fingerprint density at radius 3 is 1.95 bits per heavy atom. The quantitative estimate of drug-likeness (QED) is 0.0413. The van der Waals surface area contributed by atoms with Gasteiger partial charge in [0.25, 0.3) is 10.1 Å². The topological polar surface area (TPSA) is 209 Å². The molecular formula is C48H41N7O8S. The summed E-state index contributed by atoms with van der Waals surface area (Å²) in [5.74, 6) is 1.22. The van der Waals surface area contributed by atoms with Crippen LogP contribution in [-0.4, -0.2) is 49.8 Å². The maximum atomic E-state index is 11.2. The second-order valence-corrected chi connectivity index (χ2v) is 16.0. The molecule has 8 rings (SSSR count). The number of aliphatic hydroxyl groups excluding tert-OH is 1. The van der Waals surface area contributed by atoms with Gasteiger partial charge in [-0.2, -0.15) is 18.6 Å². The van der Waals surface area contributed by atoms with Gasteiger partial charge in [0, 0.05) is 44.5 Å². The second-order valence-electron chi connectivity index (χ2n) is 14.4. The molecule has 0 aliphatic heterocycles. The Kier molecular flexibility index (Phi) is 12.8. The summed E-state index contributed by atoms with van der Waals surface area (Å²) in [6.45, 7) is -0.259. The van der Waals surface area contributed by atoms with E-state index in [1.807, 2.05) is 103 Å². The van der Waals surface area contributed by atoms with Crippen LogP contribution in [-0.2, 0) is 16.7 Å². The van der Waals surface area contributed by atoms with Crippen LogP contribution < -0.4 is 19.5 Å². The summed E-state index contributed by atoms with van der Waals surface area (Å²) in [5, 5.41) is 56.4. The van der Waals surface area contributed by atoms with Crippen molar-refractivity contribution in [2.24, 2.45) is 30.7 Å². The SMILES string of the molecule is COc1ccc(Nc2ccc3c(O)c(N=Nc4cc(CO)c(N=Nc5ccc(N=Nc6ccc7cccc(OCCCS(=O)(=O)O)c7c6)c6ccccc56)cc4OC)ccc3c2)cc1.